The number of carbonyl (C=O) groups excluding carboxylic acids is 1. The van der Waals surface area contributed by atoms with E-state index in [-0.39, 0.29) is 17.7 Å². The second kappa shape index (κ2) is 6.23. The molecule has 1 aromatic rings. The van der Waals surface area contributed by atoms with E-state index < -0.39 is 5.60 Å². The molecule has 0 saturated carbocycles. The SMILES string of the molecule is CC(C)(C)OC(=O)N1CCC2(CC1)CC(N)c1cc(Br)ccc1O2. The summed E-state index contributed by atoms with van der Waals surface area (Å²) in [5.74, 6) is 0.864. The van der Waals surface area contributed by atoms with Gasteiger partial charge in [-0.15, -0.1) is 0 Å². The minimum atomic E-state index is -0.470. The zero-order chi connectivity index (χ0) is 17.5. The van der Waals surface area contributed by atoms with Crippen LogP contribution in [0.1, 0.15) is 51.6 Å². The van der Waals surface area contributed by atoms with E-state index in [4.69, 9.17) is 15.2 Å². The zero-order valence-electron chi connectivity index (χ0n) is 14.5. The fraction of sp³-hybridized carbons (Fsp3) is 0.611. The molecule has 0 aliphatic carbocycles. The van der Waals surface area contributed by atoms with Crippen molar-refractivity contribution in [2.24, 2.45) is 5.73 Å². The van der Waals surface area contributed by atoms with Gasteiger partial charge in [0.15, 0.2) is 0 Å². The molecule has 0 aromatic heterocycles. The lowest BCUT2D eigenvalue weighted by Gasteiger charge is -2.46. The molecule has 1 aromatic carbocycles. The first-order valence-corrected chi connectivity index (χ1v) is 9.19. The van der Waals surface area contributed by atoms with Gasteiger partial charge in [-0.1, -0.05) is 15.9 Å². The molecule has 1 atom stereocenters. The van der Waals surface area contributed by atoms with E-state index in [1.165, 1.54) is 0 Å². The van der Waals surface area contributed by atoms with Gasteiger partial charge in [-0.05, 0) is 39.0 Å². The molecule has 0 radical (unpaired) electrons. The number of nitrogens with two attached hydrogens (primary N) is 1. The third kappa shape index (κ3) is 3.70. The van der Waals surface area contributed by atoms with Crippen LogP contribution >= 0.6 is 15.9 Å². The minimum Gasteiger partial charge on any atom is -0.487 e. The van der Waals surface area contributed by atoms with Crippen LogP contribution in [0.3, 0.4) is 0 Å². The molecular formula is C18H25BrN2O3. The quantitative estimate of drug-likeness (QED) is 0.719. The molecular weight excluding hydrogens is 372 g/mol. The summed E-state index contributed by atoms with van der Waals surface area (Å²) in [4.78, 5) is 14.0. The van der Waals surface area contributed by atoms with E-state index in [0.717, 1.165) is 35.0 Å². The Bertz CT molecular complexity index is 634. The number of amides is 1. The van der Waals surface area contributed by atoms with Crippen LogP contribution in [0.25, 0.3) is 0 Å². The number of fused-ring (bicyclic) bond motifs is 1. The summed E-state index contributed by atoms with van der Waals surface area (Å²) in [5.41, 5.74) is 6.69. The van der Waals surface area contributed by atoms with Gasteiger partial charge in [0.1, 0.15) is 17.0 Å². The van der Waals surface area contributed by atoms with E-state index in [1.54, 1.807) is 4.90 Å². The predicted molar refractivity (Wildman–Crippen MR) is 96.1 cm³/mol. The monoisotopic (exact) mass is 396 g/mol. The van der Waals surface area contributed by atoms with Crippen molar-refractivity contribution in [3.63, 3.8) is 0 Å². The molecule has 1 amide bonds. The van der Waals surface area contributed by atoms with Crippen molar-refractivity contribution in [2.45, 2.75) is 57.3 Å². The molecule has 5 nitrogen and oxygen atoms in total. The molecule has 0 bridgehead atoms. The van der Waals surface area contributed by atoms with Crippen molar-refractivity contribution in [3.8, 4) is 5.75 Å². The lowest BCUT2D eigenvalue weighted by atomic mass is 9.81. The Labute approximate surface area is 151 Å². The van der Waals surface area contributed by atoms with E-state index in [2.05, 4.69) is 15.9 Å². The van der Waals surface area contributed by atoms with E-state index in [0.29, 0.717) is 13.1 Å². The number of halogens is 1. The number of hydrogen-bond acceptors (Lipinski definition) is 4. The molecule has 2 N–H and O–H groups in total. The fourth-order valence-electron chi connectivity index (χ4n) is 3.42. The highest BCUT2D eigenvalue weighted by atomic mass is 79.9. The van der Waals surface area contributed by atoms with Crippen LogP contribution in [0.2, 0.25) is 0 Å². The number of carbonyl (C=O) groups is 1. The molecule has 1 unspecified atom stereocenters. The van der Waals surface area contributed by atoms with Gasteiger partial charge in [0, 0.05) is 48.4 Å². The standard InChI is InChI=1S/C18H25BrN2O3/c1-17(2,3)24-16(22)21-8-6-18(7-9-21)11-14(20)13-10-12(19)4-5-15(13)23-18/h4-5,10,14H,6-9,11,20H2,1-3H3. The highest BCUT2D eigenvalue weighted by Crippen LogP contribution is 2.44. The minimum absolute atomic E-state index is 0.0423. The maximum Gasteiger partial charge on any atom is 0.410 e. The Morgan fingerprint density at radius 2 is 2.04 bits per heavy atom. The fourth-order valence-corrected chi connectivity index (χ4v) is 3.80. The van der Waals surface area contributed by atoms with Crippen molar-refractivity contribution in [1.82, 2.24) is 4.90 Å². The molecule has 132 valence electrons. The first kappa shape index (κ1) is 17.5. The average molecular weight is 397 g/mol. The molecule has 3 rings (SSSR count). The van der Waals surface area contributed by atoms with Gasteiger partial charge in [0.25, 0.3) is 0 Å². The Kier molecular flexibility index (Phi) is 4.55. The van der Waals surface area contributed by atoms with Crippen molar-refractivity contribution in [1.29, 1.82) is 0 Å². The van der Waals surface area contributed by atoms with Crippen molar-refractivity contribution in [3.05, 3.63) is 28.2 Å². The Hall–Kier alpha value is -1.27. The Balaban J connectivity index is 1.68. The third-order valence-corrected chi connectivity index (χ3v) is 5.11. The average Bonchev–Trinajstić information content (AvgIpc) is 2.47. The number of hydrogen-bond donors (Lipinski definition) is 1. The van der Waals surface area contributed by atoms with Crippen LogP contribution in [0.5, 0.6) is 5.75 Å². The van der Waals surface area contributed by atoms with Crippen molar-refractivity contribution < 1.29 is 14.3 Å². The van der Waals surface area contributed by atoms with Crippen molar-refractivity contribution >= 4 is 22.0 Å². The second-order valence-corrected chi connectivity index (χ2v) is 8.66. The summed E-state index contributed by atoms with van der Waals surface area (Å²) >= 11 is 3.48. The maximum atomic E-state index is 12.2. The molecule has 6 heteroatoms. The number of benzene rings is 1. The van der Waals surface area contributed by atoms with E-state index >= 15 is 0 Å². The van der Waals surface area contributed by atoms with Crippen LogP contribution in [0.15, 0.2) is 22.7 Å². The summed E-state index contributed by atoms with van der Waals surface area (Å²) in [6, 6.07) is 5.93. The van der Waals surface area contributed by atoms with Gasteiger partial charge in [0.2, 0.25) is 0 Å². The summed E-state index contributed by atoms with van der Waals surface area (Å²) < 4.78 is 12.8. The highest BCUT2D eigenvalue weighted by molar-refractivity contribution is 9.10. The normalized spacial score (nSPS) is 22.7. The Morgan fingerprint density at radius 3 is 2.67 bits per heavy atom. The lowest BCUT2D eigenvalue weighted by Crippen LogP contribution is -2.53. The zero-order valence-corrected chi connectivity index (χ0v) is 16.1. The molecule has 24 heavy (non-hydrogen) atoms. The molecule has 2 heterocycles. The van der Waals surface area contributed by atoms with Crippen LogP contribution in [-0.2, 0) is 4.74 Å². The third-order valence-electron chi connectivity index (χ3n) is 4.62. The number of rotatable bonds is 0. The molecule has 1 saturated heterocycles. The first-order valence-electron chi connectivity index (χ1n) is 8.39. The van der Waals surface area contributed by atoms with Crippen LogP contribution in [0, 0.1) is 0 Å². The molecule has 1 spiro atoms. The second-order valence-electron chi connectivity index (χ2n) is 7.75. The lowest BCUT2D eigenvalue weighted by molar-refractivity contribution is -0.0320. The maximum absolute atomic E-state index is 12.2. The highest BCUT2D eigenvalue weighted by Gasteiger charge is 2.43. The number of ether oxygens (including phenoxy) is 2. The summed E-state index contributed by atoms with van der Waals surface area (Å²) in [5, 5.41) is 0. The van der Waals surface area contributed by atoms with Gasteiger partial charge >= 0.3 is 6.09 Å². The van der Waals surface area contributed by atoms with Gasteiger partial charge in [-0.2, -0.15) is 0 Å². The molecule has 2 aliphatic heterocycles. The molecule has 2 aliphatic rings. The molecule has 1 fully saturated rings. The Morgan fingerprint density at radius 1 is 1.38 bits per heavy atom. The van der Waals surface area contributed by atoms with Crippen molar-refractivity contribution in [2.75, 3.05) is 13.1 Å². The van der Waals surface area contributed by atoms with Crippen LogP contribution in [-0.4, -0.2) is 35.3 Å². The summed E-state index contributed by atoms with van der Waals surface area (Å²) in [6.07, 6.45) is 2.07. The topological polar surface area (TPSA) is 64.8 Å². The predicted octanol–water partition coefficient (Wildman–Crippen LogP) is 4.00. The van der Waals surface area contributed by atoms with E-state index in [1.807, 2.05) is 39.0 Å². The van der Waals surface area contributed by atoms with Gasteiger partial charge in [-0.3, -0.25) is 0 Å². The number of piperidine rings is 1. The van der Waals surface area contributed by atoms with Crippen LogP contribution in [0.4, 0.5) is 4.79 Å². The summed E-state index contributed by atoms with van der Waals surface area (Å²) in [6.45, 7) is 6.92. The first-order chi connectivity index (χ1) is 11.2. The number of likely N-dealkylation sites (tertiary alicyclic amines) is 1. The van der Waals surface area contributed by atoms with Crippen LogP contribution < -0.4 is 10.5 Å². The summed E-state index contributed by atoms with van der Waals surface area (Å²) in [7, 11) is 0. The van der Waals surface area contributed by atoms with E-state index in [9.17, 15) is 4.79 Å². The van der Waals surface area contributed by atoms with Gasteiger partial charge in [-0.25, -0.2) is 4.79 Å². The van der Waals surface area contributed by atoms with Gasteiger partial charge in [0.05, 0.1) is 0 Å². The smallest absolute Gasteiger partial charge is 0.410 e. The largest absolute Gasteiger partial charge is 0.487 e. The number of nitrogens with zero attached hydrogens (tertiary/aromatic N) is 1. The van der Waals surface area contributed by atoms with Gasteiger partial charge < -0.3 is 20.1 Å².